The Morgan fingerprint density at radius 3 is 2.07 bits per heavy atom. The van der Waals surface area contributed by atoms with Gasteiger partial charge in [-0.1, -0.05) is 87.1 Å². The topological polar surface area (TPSA) is 0 Å². The Morgan fingerprint density at radius 2 is 1.23 bits per heavy atom. The van der Waals surface area contributed by atoms with Crippen LogP contribution in [0, 0.1) is 48.0 Å². The van der Waals surface area contributed by atoms with E-state index < -0.39 is 0 Å². The van der Waals surface area contributed by atoms with Gasteiger partial charge in [0.15, 0.2) is 0 Å². The minimum atomic E-state index is 1.24. The van der Waals surface area contributed by atoms with Crippen molar-refractivity contribution in [2.24, 2.45) is 0 Å². The van der Waals surface area contributed by atoms with Crippen molar-refractivity contribution < 1.29 is 0 Å². The van der Waals surface area contributed by atoms with Crippen LogP contribution in [0.15, 0.2) is 48.5 Å². The molecule has 4 aromatic rings. The second-order valence-electron chi connectivity index (χ2n) is 9.09. The van der Waals surface area contributed by atoms with Crippen LogP contribution in [0.2, 0.25) is 0 Å². The molecular weight excluding hydrogens is 380 g/mol. The van der Waals surface area contributed by atoms with Gasteiger partial charge in [-0.3, -0.25) is 0 Å². The molecule has 1 heteroatoms. The molecule has 0 saturated heterocycles. The van der Waals surface area contributed by atoms with Gasteiger partial charge < -0.3 is 0 Å². The molecule has 0 unspecified atom stereocenters. The highest BCUT2D eigenvalue weighted by Gasteiger charge is 2.14. The average molecular weight is 409 g/mol. The summed E-state index contributed by atoms with van der Waals surface area (Å²) in [5.41, 5.74) is 1.34. The Morgan fingerprint density at radius 1 is 0.600 bits per heavy atom. The molecule has 6 rings (SSSR count). The summed E-state index contributed by atoms with van der Waals surface area (Å²) >= 11 is 2.04. The number of hydrogen-bond acceptors (Lipinski definition) is 1. The standard InChI is InChI=1S/C29H28S/c1-3-4-5-6-7-8-9-19-17-26-23-13-12-21-20-11-10-18(2)16-25(20)22-14-15-24(29(26)30-19)28(23)27(21)22/h10-17H,3-9H2,1-2H3. The molecule has 30 heavy (non-hydrogen) atoms. The minimum Gasteiger partial charge on any atom is -0.140 e. The number of benzene rings is 3. The van der Waals surface area contributed by atoms with Crippen LogP contribution in [0.3, 0.4) is 0 Å². The predicted molar refractivity (Wildman–Crippen MR) is 127 cm³/mol. The molecule has 0 bridgehead atoms. The van der Waals surface area contributed by atoms with E-state index in [1.807, 2.05) is 11.3 Å². The molecule has 2 aliphatic carbocycles. The summed E-state index contributed by atoms with van der Waals surface area (Å²) in [5, 5.41) is 13.0. The number of hydrogen-bond donors (Lipinski definition) is 0. The highest BCUT2D eigenvalue weighted by Crippen LogP contribution is 2.32. The van der Waals surface area contributed by atoms with Gasteiger partial charge in [0.2, 0.25) is 0 Å². The van der Waals surface area contributed by atoms with Crippen molar-refractivity contribution in [1.29, 1.82) is 0 Å². The molecule has 0 N–H and O–H groups in total. The molecule has 150 valence electrons. The largest absolute Gasteiger partial charge is 0.140 e. The summed E-state index contributed by atoms with van der Waals surface area (Å²) in [6.07, 6.45) is 9.46. The van der Waals surface area contributed by atoms with Crippen LogP contribution < -0.4 is 0 Å². The molecule has 0 fully saturated rings. The predicted octanol–water partition coefficient (Wildman–Crippen LogP) is 7.89. The monoisotopic (exact) mass is 408 g/mol. The van der Waals surface area contributed by atoms with Crippen LogP contribution in [-0.4, -0.2) is 0 Å². The van der Waals surface area contributed by atoms with Crippen molar-refractivity contribution in [2.75, 3.05) is 0 Å². The Bertz CT molecular complexity index is 1650. The third-order valence-corrected chi connectivity index (χ3v) is 8.24. The zero-order valence-corrected chi connectivity index (χ0v) is 18.8. The molecule has 1 heterocycles. The minimum absolute atomic E-state index is 1.24. The molecule has 1 aromatic heterocycles. The lowest BCUT2D eigenvalue weighted by Crippen LogP contribution is -1.83. The zero-order chi connectivity index (χ0) is 20.2. The van der Waals surface area contributed by atoms with E-state index in [1.165, 1.54) is 102 Å². The Kier molecular flexibility index (Phi) is 4.35. The van der Waals surface area contributed by atoms with E-state index in [9.17, 15) is 0 Å². The van der Waals surface area contributed by atoms with Gasteiger partial charge in [0, 0.05) is 19.8 Å². The molecule has 0 spiro atoms. The molecule has 0 nitrogen and oxygen atoms in total. The maximum Gasteiger partial charge on any atom is 0.0430 e. The van der Waals surface area contributed by atoms with Crippen molar-refractivity contribution in [3.05, 3.63) is 100 Å². The first-order valence-corrected chi connectivity index (χ1v) is 12.4. The van der Waals surface area contributed by atoms with E-state index in [4.69, 9.17) is 0 Å². The number of fused-ring (bicyclic) bond motifs is 2. The van der Waals surface area contributed by atoms with E-state index in [0.29, 0.717) is 0 Å². The summed E-state index contributed by atoms with van der Waals surface area (Å²) < 4.78 is 1.50. The normalized spacial score (nSPS) is 12.6. The lowest BCUT2D eigenvalue weighted by Gasteiger charge is -2.00. The van der Waals surface area contributed by atoms with E-state index >= 15 is 0 Å². The molecule has 0 amide bonds. The highest BCUT2D eigenvalue weighted by atomic mass is 32.1. The summed E-state index contributed by atoms with van der Waals surface area (Å²) in [5.74, 6) is 0. The Balaban J connectivity index is 1.50. The van der Waals surface area contributed by atoms with Crippen molar-refractivity contribution >= 4 is 22.1 Å². The first-order valence-electron chi connectivity index (χ1n) is 11.6. The van der Waals surface area contributed by atoms with Crippen LogP contribution in [0.5, 0.6) is 0 Å². The van der Waals surface area contributed by atoms with E-state index in [-0.39, 0.29) is 0 Å². The lowest BCUT2D eigenvalue weighted by atomic mass is 10.1. The SMILES string of the molecule is CCCCCCCCc1cc2c(s1)=c1ccc3c4c(ccc=2c14)=c1ccc(C)cc1=3. The van der Waals surface area contributed by atoms with Crippen molar-refractivity contribution in [1.82, 2.24) is 0 Å². The average Bonchev–Trinajstić information content (AvgIpc) is 3.39. The molecule has 0 saturated carbocycles. The second-order valence-corrected chi connectivity index (χ2v) is 10.2. The summed E-state index contributed by atoms with van der Waals surface area (Å²) in [4.78, 5) is 1.57. The summed E-state index contributed by atoms with van der Waals surface area (Å²) in [7, 11) is 0. The van der Waals surface area contributed by atoms with Gasteiger partial charge in [-0.25, -0.2) is 0 Å². The molecule has 0 radical (unpaired) electrons. The third kappa shape index (κ3) is 2.65. The lowest BCUT2D eigenvalue weighted by molar-refractivity contribution is 0.609. The van der Waals surface area contributed by atoms with Crippen molar-refractivity contribution in [3.8, 4) is 0 Å². The van der Waals surface area contributed by atoms with Gasteiger partial charge in [0.1, 0.15) is 0 Å². The number of thiophene rings is 1. The van der Waals surface area contributed by atoms with Gasteiger partial charge in [-0.2, -0.15) is 0 Å². The Labute approximate surface area is 180 Å². The molecule has 0 aliphatic heterocycles. The smallest absolute Gasteiger partial charge is 0.0430 e. The quantitative estimate of drug-likeness (QED) is 0.236. The fourth-order valence-electron chi connectivity index (χ4n) is 5.52. The molecule has 2 aliphatic rings. The van der Waals surface area contributed by atoms with Crippen LogP contribution in [-0.2, 0) is 6.42 Å². The van der Waals surface area contributed by atoms with Gasteiger partial charge >= 0.3 is 0 Å². The molecular formula is C29H28S. The van der Waals surface area contributed by atoms with Gasteiger partial charge in [0.25, 0.3) is 0 Å². The maximum atomic E-state index is 2.50. The highest BCUT2D eigenvalue weighted by molar-refractivity contribution is 7.10. The van der Waals surface area contributed by atoms with E-state index in [1.54, 1.807) is 4.88 Å². The number of rotatable bonds is 7. The summed E-state index contributed by atoms with van der Waals surface area (Å²) in [6.45, 7) is 4.49. The van der Waals surface area contributed by atoms with Gasteiger partial charge in [0.05, 0.1) is 0 Å². The van der Waals surface area contributed by atoms with Crippen LogP contribution in [0.4, 0.5) is 0 Å². The second kappa shape index (κ2) is 7.10. The first-order chi connectivity index (χ1) is 14.8. The van der Waals surface area contributed by atoms with Crippen LogP contribution in [0.25, 0.3) is 10.8 Å². The molecule has 3 aromatic carbocycles. The van der Waals surface area contributed by atoms with Gasteiger partial charge in [-0.05, 0) is 62.7 Å². The summed E-state index contributed by atoms with van der Waals surface area (Å²) in [6, 6.07) is 18.9. The number of unbranched alkanes of at least 4 members (excludes halogenated alkanes) is 5. The molecule has 0 atom stereocenters. The van der Waals surface area contributed by atoms with Gasteiger partial charge in [-0.15, -0.1) is 11.3 Å². The van der Waals surface area contributed by atoms with Crippen molar-refractivity contribution in [3.63, 3.8) is 0 Å². The third-order valence-electron chi connectivity index (χ3n) is 7.01. The maximum absolute atomic E-state index is 2.50. The van der Waals surface area contributed by atoms with Crippen molar-refractivity contribution in [2.45, 2.75) is 58.8 Å². The fraction of sp³-hybridized carbons (Fsp3) is 0.310. The van der Waals surface area contributed by atoms with Crippen LogP contribution in [0.1, 0.15) is 55.9 Å². The Hall–Kier alpha value is -2.38. The first kappa shape index (κ1) is 18.4. The van der Waals surface area contributed by atoms with Crippen LogP contribution >= 0.6 is 11.3 Å². The fourth-order valence-corrected chi connectivity index (χ4v) is 6.76. The number of aryl methyl sites for hydroxylation is 2. The van der Waals surface area contributed by atoms with E-state index in [2.05, 4.69) is 62.4 Å². The van der Waals surface area contributed by atoms with E-state index in [0.717, 1.165) is 0 Å². The zero-order valence-electron chi connectivity index (χ0n) is 18.0.